The van der Waals surface area contributed by atoms with E-state index in [9.17, 15) is 14.4 Å². The lowest BCUT2D eigenvalue weighted by atomic mass is 10.1. The highest BCUT2D eigenvalue weighted by Gasteiger charge is 2.11. The van der Waals surface area contributed by atoms with Gasteiger partial charge in [-0.25, -0.2) is 9.59 Å². The predicted molar refractivity (Wildman–Crippen MR) is 75.0 cm³/mol. The van der Waals surface area contributed by atoms with Crippen molar-refractivity contribution >= 4 is 22.8 Å². The molecule has 0 atom stereocenters. The molecule has 6 heteroatoms. The molecule has 0 aliphatic heterocycles. The van der Waals surface area contributed by atoms with E-state index in [2.05, 4.69) is 21.6 Å². The average Bonchev–Trinajstić information content (AvgIpc) is 2.45. The third-order valence-electron chi connectivity index (χ3n) is 2.70. The van der Waals surface area contributed by atoms with E-state index in [1.165, 1.54) is 12.1 Å². The van der Waals surface area contributed by atoms with Crippen LogP contribution in [0, 0.1) is 11.8 Å². The van der Waals surface area contributed by atoms with Crippen molar-refractivity contribution < 1.29 is 19.4 Å². The molecule has 2 rings (SSSR count). The summed E-state index contributed by atoms with van der Waals surface area (Å²) in [7, 11) is 0. The summed E-state index contributed by atoms with van der Waals surface area (Å²) in [6, 6.07) is 4.57. The van der Waals surface area contributed by atoms with E-state index in [1.807, 2.05) is 0 Å². The molecule has 106 valence electrons. The monoisotopic (exact) mass is 285 g/mol. The molecule has 0 aliphatic rings. The van der Waals surface area contributed by atoms with Crippen LogP contribution in [0.3, 0.4) is 0 Å². The molecular formula is C15H11NO5. The Morgan fingerprint density at radius 2 is 2.14 bits per heavy atom. The van der Waals surface area contributed by atoms with Crippen molar-refractivity contribution in [1.29, 1.82) is 0 Å². The van der Waals surface area contributed by atoms with Gasteiger partial charge in [-0.1, -0.05) is 5.92 Å². The van der Waals surface area contributed by atoms with Crippen LogP contribution in [0.2, 0.25) is 0 Å². The predicted octanol–water partition coefficient (Wildman–Crippen LogP) is 1.14. The van der Waals surface area contributed by atoms with E-state index in [-0.39, 0.29) is 17.6 Å². The molecule has 2 aromatic rings. The number of hydrogen-bond donors (Lipinski definition) is 2. The number of carboxylic acids is 1. The second-order valence-electron chi connectivity index (χ2n) is 4.07. The van der Waals surface area contributed by atoms with Gasteiger partial charge in [0, 0.05) is 23.1 Å². The lowest BCUT2D eigenvalue weighted by Crippen LogP contribution is -2.15. The van der Waals surface area contributed by atoms with Gasteiger partial charge in [0.15, 0.2) is 0 Å². The van der Waals surface area contributed by atoms with Crippen LogP contribution in [0.5, 0.6) is 0 Å². The van der Waals surface area contributed by atoms with Gasteiger partial charge in [0.05, 0.1) is 12.1 Å². The Kier molecular flexibility index (Phi) is 4.05. The number of ether oxygens (including phenoxy) is 1. The number of pyridine rings is 1. The molecule has 0 saturated heterocycles. The van der Waals surface area contributed by atoms with Crippen LogP contribution in [0.25, 0.3) is 10.9 Å². The highest BCUT2D eigenvalue weighted by atomic mass is 16.5. The molecule has 0 bridgehead atoms. The first kappa shape index (κ1) is 14.3. The molecule has 0 spiro atoms. The number of aromatic carboxylic acids is 1. The molecule has 6 nitrogen and oxygen atoms in total. The van der Waals surface area contributed by atoms with Crippen molar-refractivity contribution in [3.63, 3.8) is 0 Å². The van der Waals surface area contributed by atoms with E-state index in [1.54, 1.807) is 13.0 Å². The summed E-state index contributed by atoms with van der Waals surface area (Å²) in [5.74, 6) is 3.01. The zero-order chi connectivity index (χ0) is 15.4. The number of nitrogens with one attached hydrogen (secondary N) is 1. The summed E-state index contributed by atoms with van der Waals surface area (Å²) in [6.07, 6.45) is 1.13. The van der Waals surface area contributed by atoms with Gasteiger partial charge in [0.1, 0.15) is 5.56 Å². The molecule has 2 N–H and O–H groups in total. The van der Waals surface area contributed by atoms with Crippen LogP contribution in [0.1, 0.15) is 22.8 Å². The largest absolute Gasteiger partial charge is 0.477 e. The Morgan fingerprint density at radius 3 is 2.81 bits per heavy atom. The number of H-pyrrole nitrogens is 1. The van der Waals surface area contributed by atoms with Gasteiger partial charge in [0.2, 0.25) is 5.43 Å². The molecule has 0 saturated carbocycles. The smallest absolute Gasteiger partial charge is 0.384 e. The summed E-state index contributed by atoms with van der Waals surface area (Å²) in [5.41, 5.74) is 0.0592. The second kappa shape index (κ2) is 5.92. The molecular weight excluding hydrogens is 274 g/mol. The van der Waals surface area contributed by atoms with Crippen molar-refractivity contribution in [2.24, 2.45) is 0 Å². The van der Waals surface area contributed by atoms with Gasteiger partial charge in [0.25, 0.3) is 0 Å². The molecule has 0 unspecified atom stereocenters. The van der Waals surface area contributed by atoms with Gasteiger partial charge < -0.3 is 14.8 Å². The molecule has 1 heterocycles. The Hall–Kier alpha value is -3.07. The standard InChI is InChI=1S/C15H11NO5/c1-2-21-13(17)6-4-9-3-5-10-12(7-9)16-8-11(14(10)18)15(19)20/h3,5,7-8H,2H2,1H3,(H,16,18)(H,19,20). The SMILES string of the molecule is CCOC(=O)C#Cc1ccc2c(=O)c(C(=O)O)c[nH]c2c1. The van der Waals surface area contributed by atoms with E-state index < -0.39 is 17.4 Å². The number of esters is 1. The van der Waals surface area contributed by atoms with Crippen LogP contribution >= 0.6 is 0 Å². The maximum absolute atomic E-state index is 11.9. The fraction of sp³-hybridized carbons (Fsp3) is 0.133. The average molecular weight is 285 g/mol. The number of aromatic nitrogens is 1. The Balaban J connectivity index is 2.45. The highest BCUT2D eigenvalue weighted by molar-refractivity contribution is 5.93. The molecule has 0 fully saturated rings. The minimum Gasteiger partial charge on any atom is -0.477 e. The Morgan fingerprint density at radius 1 is 1.38 bits per heavy atom. The molecule has 21 heavy (non-hydrogen) atoms. The van der Waals surface area contributed by atoms with Crippen LogP contribution in [-0.2, 0) is 9.53 Å². The van der Waals surface area contributed by atoms with Gasteiger partial charge in [-0.15, -0.1) is 0 Å². The van der Waals surface area contributed by atoms with E-state index >= 15 is 0 Å². The minimum atomic E-state index is -1.29. The van der Waals surface area contributed by atoms with Gasteiger partial charge >= 0.3 is 11.9 Å². The topological polar surface area (TPSA) is 96.5 Å². The number of rotatable bonds is 2. The van der Waals surface area contributed by atoms with Crippen LogP contribution in [0.4, 0.5) is 0 Å². The van der Waals surface area contributed by atoms with E-state index in [0.29, 0.717) is 11.1 Å². The van der Waals surface area contributed by atoms with Gasteiger partial charge in [-0.3, -0.25) is 4.79 Å². The lowest BCUT2D eigenvalue weighted by molar-refractivity contribution is -0.136. The summed E-state index contributed by atoms with van der Waals surface area (Å²) in [5, 5.41) is 9.13. The summed E-state index contributed by atoms with van der Waals surface area (Å²) in [6.45, 7) is 1.93. The van der Waals surface area contributed by atoms with Crippen molar-refractivity contribution in [2.45, 2.75) is 6.92 Å². The zero-order valence-electron chi connectivity index (χ0n) is 11.1. The number of hydrogen-bond acceptors (Lipinski definition) is 4. The fourth-order valence-electron chi connectivity index (χ4n) is 1.75. The third kappa shape index (κ3) is 3.09. The number of carboxylic acid groups (broad SMARTS) is 1. The quantitative estimate of drug-likeness (QED) is 0.637. The lowest BCUT2D eigenvalue weighted by Gasteiger charge is -2.00. The van der Waals surface area contributed by atoms with Crippen LogP contribution < -0.4 is 5.43 Å². The molecule has 0 aliphatic carbocycles. The minimum absolute atomic E-state index is 0.247. The number of carbonyl (C=O) groups is 2. The molecule has 1 aromatic heterocycles. The molecule has 1 aromatic carbocycles. The first-order valence-electron chi connectivity index (χ1n) is 6.10. The number of aromatic amines is 1. The summed E-state index contributed by atoms with van der Waals surface area (Å²) in [4.78, 5) is 36.7. The Bertz CT molecular complexity index is 838. The Labute approximate surface area is 119 Å². The van der Waals surface area contributed by atoms with Gasteiger partial charge in [-0.05, 0) is 25.1 Å². The fourth-order valence-corrected chi connectivity index (χ4v) is 1.75. The third-order valence-corrected chi connectivity index (χ3v) is 2.70. The number of benzene rings is 1. The second-order valence-corrected chi connectivity index (χ2v) is 4.07. The molecule has 0 radical (unpaired) electrons. The zero-order valence-corrected chi connectivity index (χ0v) is 11.1. The number of fused-ring (bicyclic) bond motifs is 1. The van der Waals surface area contributed by atoms with Crippen molar-refractivity contribution in [3.8, 4) is 11.8 Å². The van der Waals surface area contributed by atoms with Crippen LogP contribution in [-0.4, -0.2) is 28.6 Å². The van der Waals surface area contributed by atoms with Crippen molar-refractivity contribution in [3.05, 3.63) is 45.7 Å². The maximum atomic E-state index is 11.9. The maximum Gasteiger partial charge on any atom is 0.384 e. The summed E-state index contributed by atoms with van der Waals surface area (Å²) < 4.78 is 4.68. The number of carbonyl (C=O) groups excluding carboxylic acids is 1. The van der Waals surface area contributed by atoms with Crippen LogP contribution in [0.15, 0.2) is 29.2 Å². The first-order chi connectivity index (χ1) is 10.0. The normalized spacial score (nSPS) is 9.76. The highest BCUT2D eigenvalue weighted by Crippen LogP contribution is 2.10. The molecule has 0 amide bonds. The summed E-state index contributed by atoms with van der Waals surface area (Å²) >= 11 is 0. The van der Waals surface area contributed by atoms with E-state index in [4.69, 9.17) is 5.11 Å². The van der Waals surface area contributed by atoms with Crippen molar-refractivity contribution in [2.75, 3.05) is 6.61 Å². The first-order valence-corrected chi connectivity index (χ1v) is 6.10. The van der Waals surface area contributed by atoms with Crippen molar-refractivity contribution in [1.82, 2.24) is 4.98 Å². The van der Waals surface area contributed by atoms with E-state index in [0.717, 1.165) is 6.20 Å². The van der Waals surface area contributed by atoms with Gasteiger partial charge in [-0.2, -0.15) is 0 Å².